The largest absolute Gasteiger partial charge is 0.366 e. The van der Waals surface area contributed by atoms with Crippen molar-refractivity contribution in [2.24, 2.45) is 5.73 Å². The maximum Gasteiger partial charge on any atom is 0.248 e. The Kier molecular flexibility index (Phi) is 5.21. The lowest BCUT2D eigenvalue weighted by Gasteiger charge is -2.17. The van der Waals surface area contributed by atoms with E-state index in [1.165, 1.54) is 14.2 Å². The zero-order valence-corrected chi connectivity index (χ0v) is 11.0. The molecule has 0 fully saturated rings. The van der Waals surface area contributed by atoms with E-state index in [1.54, 1.807) is 18.2 Å². The van der Waals surface area contributed by atoms with Gasteiger partial charge >= 0.3 is 0 Å². The first-order valence-corrected chi connectivity index (χ1v) is 5.66. The second-order valence-corrected chi connectivity index (χ2v) is 4.10. The van der Waals surface area contributed by atoms with Gasteiger partial charge in [0.1, 0.15) is 0 Å². The molecule has 1 aromatic carbocycles. The first-order chi connectivity index (χ1) is 8.01. The van der Waals surface area contributed by atoms with Gasteiger partial charge in [0.2, 0.25) is 5.91 Å². The summed E-state index contributed by atoms with van der Waals surface area (Å²) >= 11 is 12.0. The minimum Gasteiger partial charge on any atom is -0.366 e. The Balaban J connectivity index is 3.26. The van der Waals surface area contributed by atoms with Crippen LogP contribution in [0, 0.1) is 0 Å². The fourth-order valence-electron chi connectivity index (χ4n) is 1.39. The molecule has 0 aliphatic rings. The molecule has 0 saturated heterocycles. The Morgan fingerprint density at radius 1 is 1.18 bits per heavy atom. The van der Waals surface area contributed by atoms with Crippen LogP contribution >= 0.6 is 23.2 Å². The van der Waals surface area contributed by atoms with Crippen molar-refractivity contribution in [3.63, 3.8) is 0 Å². The first-order valence-electron chi connectivity index (χ1n) is 4.78. The van der Waals surface area contributed by atoms with Crippen LogP contribution in [0.3, 0.4) is 0 Å². The van der Waals surface area contributed by atoms with Gasteiger partial charge in [-0.15, -0.1) is 0 Å². The Morgan fingerprint density at radius 2 is 1.71 bits per heavy atom. The highest BCUT2D eigenvalue weighted by atomic mass is 35.5. The lowest BCUT2D eigenvalue weighted by atomic mass is 10.0. The van der Waals surface area contributed by atoms with Gasteiger partial charge in [-0.1, -0.05) is 29.3 Å². The number of methoxy groups -OCH3 is 2. The summed E-state index contributed by atoms with van der Waals surface area (Å²) < 4.78 is 10.0. The van der Waals surface area contributed by atoms with E-state index in [1.807, 2.05) is 0 Å². The van der Waals surface area contributed by atoms with Gasteiger partial charge in [0.15, 0.2) is 11.1 Å². The summed E-state index contributed by atoms with van der Waals surface area (Å²) in [5.41, 5.74) is 5.35. The van der Waals surface area contributed by atoms with Gasteiger partial charge in [-0.2, -0.15) is 0 Å². The zero-order valence-electron chi connectivity index (χ0n) is 9.44. The fraction of sp³-hybridized carbons (Fsp3) is 0.364. The third kappa shape index (κ3) is 3.33. The van der Waals surface area contributed by atoms with E-state index in [4.69, 9.17) is 38.4 Å². The van der Waals surface area contributed by atoms with Gasteiger partial charge in [0, 0.05) is 30.9 Å². The molecule has 1 amide bonds. The van der Waals surface area contributed by atoms with Crippen molar-refractivity contribution in [3.05, 3.63) is 34.9 Å². The third-order valence-corrected chi connectivity index (χ3v) is 3.10. The van der Waals surface area contributed by atoms with E-state index < -0.39 is 17.0 Å². The summed E-state index contributed by atoms with van der Waals surface area (Å²) in [7, 11) is 2.92. The Labute approximate surface area is 110 Å². The van der Waals surface area contributed by atoms with Gasteiger partial charge < -0.3 is 15.2 Å². The van der Waals surface area contributed by atoms with E-state index >= 15 is 0 Å². The van der Waals surface area contributed by atoms with Gasteiger partial charge in [0.05, 0.1) is 0 Å². The molecule has 0 aromatic heterocycles. The monoisotopic (exact) mass is 277 g/mol. The third-order valence-electron chi connectivity index (χ3n) is 2.27. The highest BCUT2D eigenvalue weighted by Gasteiger charge is 2.19. The van der Waals surface area contributed by atoms with Crippen molar-refractivity contribution in [2.45, 2.75) is 11.1 Å². The molecule has 1 rings (SSSR count). The molecule has 2 N–H and O–H groups in total. The van der Waals surface area contributed by atoms with Crippen LogP contribution < -0.4 is 5.73 Å². The summed E-state index contributed by atoms with van der Waals surface area (Å²) in [4.78, 5) is 11.1. The standard InChI is InChI=1S/C11H13Cl2NO3/c1-16-9(12)7-4-3-6(11(14)15)5-8(7)10(13)17-2/h3-5,9-10H,1-2H3,(H2,14,15). The van der Waals surface area contributed by atoms with Crippen molar-refractivity contribution in [3.8, 4) is 0 Å². The van der Waals surface area contributed by atoms with Crippen molar-refractivity contribution in [1.29, 1.82) is 0 Å². The van der Waals surface area contributed by atoms with E-state index in [0.29, 0.717) is 16.7 Å². The van der Waals surface area contributed by atoms with E-state index in [9.17, 15) is 4.79 Å². The highest BCUT2D eigenvalue weighted by molar-refractivity contribution is 6.21. The number of hydrogen-bond acceptors (Lipinski definition) is 3. The number of rotatable bonds is 5. The average molecular weight is 278 g/mol. The maximum atomic E-state index is 11.1. The minimum absolute atomic E-state index is 0.339. The number of carbonyl (C=O) groups excluding carboxylic acids is 1. The quantitative estimate of drug-likeness (QED) is 0.842. The van der Waals surface area contributed by atoms with Crippen molar-refractivity contribution in [2.75, 3.05) is 14.2 Å². The van der Waals surface area contributed by atoms with Crippen molar-refractivity contribution < 1.29 is 14.3 Å². The summed E-state index contributed by atoms with van der Waals surface area (Å²) in [5, 5.41) is 0. The second kappa shape index (κ2) is 6.21. The van der Waals surface area contributed by atoms with Crippen LogP contribution in [0.1, 0.15) is 32.6 Å². The van der Waals surface area contributed by atoms with E-state index in [-0.39, 0.29) is 0 Å². The Morgan fingerprint density at radius 3 is 2.18 bits per heavy atom. The number of nitrogens with two attached hydrogens (primary N) is 1. The molecule has 0 spiro atoms. The minimum atomic E-state index is -0.722. The molecule has 17 heavy (non-hydrogen) atoms. The molecule has 4 nitrogen and oxygen atoms in total. The van der Waals surface area contributed by atoms with Gasteiger partial charge in [0.25, 0.3) is 0 Å². The molecule has 0 radical (unpaired) electrons. The van der Waals surface area contributed by atoms with E-state index in [0.717, 1.165) is 0 Å². The molecule has 94 valence electrons. The predicted octanol–water partition coefficient (Wildman–Crippen LogP) is 2.55. The Hall–Kier alpha value is -0.810. The molecule has 0 bridgehead atoms. The highest BCUT2D eigenvalue weighted by Crippen LogP contribution is 2.32. The fourth-order valence-corrected chi connectivity index (χ4v) is 1.77. The maximum absolute atomic E-state index is 11.1. The number of amides is 1. The number of ether oxygens (including phenoxy) is 2. The van der Waals surface area contributed by atoms with Gasteiger partial charge in [-0.05, 0) is 12.1 Å². The molecule has 0 saturated carbocycles. The lowest BCUT2D eigenvalue weighted by molar-refractivity contribution is 0.0999. The molecule has 6 heteroatoms. The van der Waals surface area contributed by atoms with Crippen LogP contribution in [0.25, 0.3) is 0 Å². The summed E-state index contributed by atoms with van der Waals surface area (Å²) in [6.07, 6.45) is 0. The predicted molar refractivity (Wildman–Crippen MR) is 66.2 cm³/mol. The van der Waals surface area contributed by atoms with Crippen LogP contribution in [0.2, 0.25) is 0 Å². The van der Waals surface area contributed by atoms with Crippen LogP contribution in [0.4, 0.5) is 0 Å². The molecular weight excluding hydrogens is 265 g/mol. The summed E-state index contributed by atoms with van der Waals surface area (Å²) in [6.45, 7) is 0. The summed E-state index contributed by atoms with van der Waals surface area (Å²) in [5.74, 6) is -0.540. The normalized spacial score (nSPS) is 14.4. The van der Waals surface area contributed by atoms with Crippen LogP contribution in [-0.2, 0) is 9.47 Å². The molecule has 0 heterocycles. The second-order valence-electron chi connectivity index (χ2n) is 3.31. The van der Waals surface area contributed by atoms with Crippen molar-refractivity contribution in [1.82, 2.24) is 0 Å². The Bertz CT molecular complexity index is 412. The van der Waals surface area contributed by atoms with Crippen molar-refractivity contribution >= 4 is 29.1 Å². The molecule has 0 aliphatic heterocycles. The van der Waals surface area contributed by atoms with Crippen LogP contribution in [0.15, 0.2) is 18.2 Å². The molecule has 1 aromatic rings. The first kappa shape index (κ1) is 14.3. The van der Waals surface area contributed by atoms with E-state index in [2.05, 4.69) is 0 Å². The zero-order chi connectivity index (χ0) is 13.0. The molecule has 0 aliphatic carbocycles. The SMILES string of the molecule is COC(Cl)c1ccc(C(N)=O)cc1C(Cl)OC. The number of halogens is 2. The number of primary amides is 1. The number of benzene rings is 1. The smallest absolute Gasteiger partial charge is 0.248 e. The molecular formula is C11H13Cl2NO3. The topological polar surface area (TPSA) is 61.5 Å². The molecule has 2 atom stereocenters. The van der Waals surface area contributed by atoms with Gasteiger partial charge in [-0.3, -0.25) is 4.79 Å². The van der Waals surface area contributed by atoms with Crippen LogP contribution in [-0.4, -0.2) is 20.1 Å². The van der Waals surface area contributed by atoms with Crippen LogP contribution in [0.5, 0.6) is 0 Å². The van der Waals surface area contributed by atoms with Gasteiger partial charge in [-0.25, -0.2) is 0 Å². The average Bonchev–Trinajstić information content (AvgIpc) is 2.35. The molecule has 2 unspecified atom stereocenters. The number of hydrogen-bond donors (Lipinski definition) is 1. The summed E-state index contributed by atoms with van der Waals surface area (Å²) in [6, 6.07) is 4.76. The number of alkyl halides is 2. The lowest BCUT2D eigenvalue weighted by Crippen LogP contribution is -2.13. The number of carbonyl (C=O) groups is 1.